The van der Waals surface area contributed by atoms with Crippen LogP contribution in [0.4, 0.5) is 5.69 Å². The smallest absolute Gasteiger partial charge is 0.255 e. The molecule has 1 heterocycles. The summed E-state index contributed by atoms with van der Waals surface area (Å²) in [6.07, 6.45) is 2.58. The maximum Gasteiger partial charge on any atom is 0.255 e. The lowest BCUT2D eigenvalue weighted by Crippen LogP contribution is -2.42. The Labute approximate surface area is 182 Å². The van der Waals surface area contributed by atoms with Gasteiger partial charge in [0.25, 0.3) is 5.91 Å². The topological polar surface area (TPSA) is 119 Å². The fourth-order valence-electron chi connectivity index (χ4n) is 3.80. The van der Waals surface area contributed by atoms with E-state index in [2.05, 4.69) is 5.32 Å². The van der Waals surface area contributed by atoms with Gasteiger partial charge in [-0.05, 0) is 68.7 Å². The highest BCUT2D eigenvalue weighted by Crippen LogP contribution is 2.32. The van der Waals surface area contributed by atoms with Gasteiger partial charge in [0.15, 0.2) is 0 Å². The lowest BCUT2D eigenvalue weighted by Gasteiger charge is -2.32. The molecule has 0 aromatic heterocycles. The highest BCUT2D eigenvalue weighted by molar-refractivity contribution is 7.89. The molecule has 8 nitrogen and oxygen atoms in total. The largest absolute Gasteiger partial charge is 0.495 e. The molecule has 1 aliphatic rings. The Kier molecular flexibility index (Phi) is 6.66. The zero-order valence-corrected chi connectivity index (χ0v) is 18.7. The van der Waals surface area contributed by atoms with Crippen LogP contribution in [0.2, 0.25) is 0 Å². The number of hydrogen-bond acceptors (Lipinski definition) is 5. The number of hydrogen-bond donors (Lipinski definition) is 2. The van der Waals surface area contributed by atoms with Gasteiger partial charge in [-0.25, -0.2) is 8.42 Å². The van der Waals surface area contributed by atoms with Crippen molar-refractivity contribution in [3.63, 3.8) is 0 Å². The number of nitrogens with one attached hydrogen (secondary N) is 1. The molecule has 0 radical (unpaired) electrons. The zero-order chi connectivity index (χ0) is 22.8. The van der Waals surface area contributed by atoms with Gasteiger partial charge in [0.05, 0.1) is 7.11 Å². The molecular formula is C22H27N3O5S. The molecule has 3 rings (SSSR count). The van der Waals surface area contributed by atoms with Crippen LogP contribution < -0.4 is 15.8 Å². The van der Waals surface area contributed by atoms with Gasteiger partial charge in [0.2, 0.25) is 15.9 Å². The Morgan fingerprint density at radius 1 is 1.16 bits per heavy atom. The molecule has 2 amide bonds. The van der Waals surface area contributed by atoms with Crippen LogP contribution in [0.1, 0.15) is 52.5 Å². The first-order valence-corrected chi connectivity index (χ1v) is 11.5. The predicted molar refractivity (Wildman–Crippen MR) is 118 cm³/mol. The minimum Gasteiger partial charge on any atom is -0.495 e. The van der Waals surface area contributed by atoms with E-state index in [0.717, 1.165) is 19.3 Å². The number of aryl methyl sites for hydroxylation is 1. The number of ether oxygens (including phenoxy) is 1. The molecule has 2 aromatic rings. The number of primary amides is 1. The molecule has 0 bridgehead atoms. The van der Waals surface area contributed by atoms with Gasteiger partial charge in [-0.15, -0.1) is 0 Å². The van der Waals surface area contributed by atoms with Gasteiger partial charge < -0.3 is 15.8 Å². The Hall–Kier alpha value is -2.91. The third kappa shape index (κ3) is 4.72. The van der Waals surface area contributed by atoms with Crippen molar-refractivity contribution in [2.24, 2.45) is 5.73 Å². The SMILES string of the molecule is COc1ccc(C(=O)Nc2ccc(C(N)=O)c(C)c2)cc1S(=O)(=O)N1CCCCC1C. The van der Waals surface area contributed by atoms with Crippen LogP contribution >= 0.6 is 0 Å². The second-order valence-corrected chi connectivity index (χ2v) is 9.53. The fourth-order valence-corrected chi connectivity index (χ4v) is 5.68. The van der Waals surface area contributed by atoms with Crippen LogP contribution in [0.5, 0.6) is 5.75 Å². The summed E-state index contributed by atoms with van der Waals surface area (Å²) in [5.74, 6) is -0.833. The third-order valence-electron chi connectivity index (χ3n) is 5.50. The molecule has 1 atom stereocenters. The molecule has 0 saturated carbocycles. The molecule has 166 valence electrons. The quantitative estimate of drug-likeness (QED) is 0.709. The molecule has 0 aliphatic carbocycles. The highest BCUT2D eigenvalue weighted by Gasteiger charge is 2.33. The van der Waals surface area contributed by atoms with E-state index in [0.29, 0.717) is 23.4 Å². The molecule has 1 aliphatic heterocycles. The summed E-state index contributed by atoms with van der Waals surface area (Å²) in [7, 11) is -2.43. The summed E-state index contributed by atoms with van der Waals surface area (Å²) in [6.45, 7) is 4.04. The van der Waals surface area contributed by atoms with Crippen molar-refractivity contribution < 1.29 is 22.7 Å². The standard InChI is InChI=1S/C22H27N3O5S/c1-14-12-17(8-9-18(14)21(23)26)24-22(27)16-7-10-19(30-3)20(13-16)31(28,29)25-11-5-4-6-15(25)2/h7-10,12-13,15H,4-6,11H2,1-3H3,(H2,23,26)(H,24,27). The molecule has 31 heavy (non-hydrogen) atoms. The summed E-state index contributed by atoms with van der Waals surface area (Å²) in [6, 6.07) is 8.96. The number of carbonyl (C=O) groups is 2. The Morgan fingerprint density at radius 3 is 2.52 bits per heavy atom. The lowest BCUT2D eigenvalue weighted by atomic mass is 10.1. The first kappa shape index (κ1) is 22.8. The van der Waals surface area contributed by atoms with Crippen LogP contribution in [0.15, 0.2) is 41.3 Å². The van der Waals surface area contributed by atoms with Gasteiger partial charge in [0, 0.05) is 29.4 Å². The maximum atomic E-state index is 13.3. The first-order chi connectivity index (χ1) is 14.6. The van der Waals surface area contributed by atoms with E-state index >= 15 is 0 Å². The minimum absolute atomic E-state index is 0.0309. The van der Waals surface area contributed by atoms with Crippen LogP contribution in [-0.4, -0.2) is 44.2 Å². The molecule has 0 spiro atoms. The summed E-state index contributed by atoms with van der Waals surface area (Å²) in [5.41, 5.74) is 6.96. The monoisotopic (exact) mass is 445 g/mol. The van der Waals surface area contributed by atoms with Crippen molar-refractivity contribution in [2.75, 3.05) is 19.0 Å². The number of anilines is 1. The van der Waals surface area contributed by atoms with E-state index in [9.17, 15) is 18.0 Å². The number of carbonyl (C=O) groups excluding carboxylic acids is 2. The number of piperidine rings is 1. The van der Waals surface area contributed by atoms with Gasteiger partial charge in [0.1, 0.15) is 10.6 Å². The fraction of sp³-hybridized carbons (Fsp3) is 0.364. The van der Waals surface area contributed by atoms with Gasteiger partial charge in [-0.2, -0.15) is 4.31 Å². The number of sulfonamides is 1. The van der Waals surface area contributed by atoms with E-state index in [4.69, 9.17) is 10.5 Å². The molecule has 1 unspecified atom stereocenters. The third-order valence-corrected chi connectivity index (χ3v) is 7.54. The Balaban J connectivity index is 1.92. The van der Waals surface area contributed by atoms with Crippen molar-refractivity contribution in [3.8, 4) is 5.75 Å². The van der Waals surface area contributed by atoms with E-state index in [1.54, 1.807) is 19.1 Å². The summed E-state index contributed by atoms with van der Waals surface area (Å²) in [4.78, 5) is 24.2. The summed E-state index contributed by atoms with van der Waals surface area (Å²) in [5, 5.41) is 2.73. The number of nitrogens with zero attached hydrogens (tertiary/aromatic N) is 1. The summed E-state index contributed by atoms with van der Waals surface area (Å²) >= 11 is 0. The Bertz CT molecular complexity index is 1110. The molecule has 3 N–H and O–H groups in total. The molecule has 1 fully saturated rings. The normalized spacial score (nSPS) is 17.2. The van der Waals surface area contributed by atoms with E-state index < -0.39 is 21.8 Å². The average molecular weight is 446 g/mol. The van der Waals surface area contributed by atoms with Crippen molar-refractivity contribution in [1.82, 2.24) is 4.31 Å². The molecule has 1 saturated heterocycles. The van der Waals surface area contributed by atoms with Gasteiger partial charge in [-0.1, -0.05) is 6.42 Å². The number of amides is 2. The molecular weight excluding hydrogens is 418 g/mol. The molecule has 9 heteroatoms. The van der Waals surface area contributed by atoms with Crippen molar-refractivity contribution in [3.05, 3.63) is 53.1 Å². The maximum absolute atomic E-state index is 13.3. The van der Waals surface area contributed by atoms with Crippen LogP contribution in [0.25, 0.3) is 0 Å². The highest BCUT2D eigenvalue weighted by atomic mass is 32.2. The van der Waals surface area contributed by atoms with Crippen molar-refractivity contribution in [1.29, 1.82) is 0 Å². The van der Waals surface area contributed by atoms with Crippen molar-refractivity contribution >= 4 is 27.5 Å². The van der Waals surface area contributed by atoms with E-state index in [1.165, 1.54) is 35.7 Å². The number of methoxy groups -OCH3 is 1. The van der Waals surface area contributed by atoms with Gasteiger partial charge in [-0.3, -0.25) is 9.59 Å². The number of benzene rings is 2. The second-order valence-electron chi connectivity index (χ2n) is 7.67. The van der Waals surface area contributed by atoms with Gasteiger partial charge >= 0.3 is 0 Å². The Morgan fingerprint density at radius 2 is 1.90 bits per heavy atom. The molecule has 2 aromatic carbocycles. The van der Waals surface area contributed by atoms with E-state index in [-0.39, 0.29) is 22.3 Å². The lowest BCUT2D eigenvalue weighted by molar-refractivity contribution is 0.0997. The van der Waals surface area contributed by atoms with Crippen LogP contribution in [0.3, 0.4) is 0 Å². The summed E-state index contributed by atoms with van der Waals surface area (Å²) < 4.78 is 33.4. The number of rotatable bonds is 6. The van der Waals surface area contributed by atoms with Crippen molar-refractivity contribution in [2.45, 2.75) is 44.0 Å². The minimum atomic E-state index is -3.83. The van der Waals surface area contributed by atoms with Crippen LogP contribution in [0, 0.1) is 6.92 Å². The second kappa shape index (κ2) is 9.07. The number of nitrogens with two attached hydrogens (primary N) is 1. The van der Waals surface area contributed by atoms with Crippen LogP contribution in [-0.2, 0) is 10.0 Å². The van der Waals surface area contributed by atoms with E-state index in [1.807, 2.05) is 6.92 Å². The predicted octanol–water partition coefficient (Wildman–Crippen LogP) is 2.92. The first-order valence-electron chi connectivity index (χ1n) is 10.1. The average Bonchev–Trinajstić information content (AvgIpc) is 2.73. The zero-order valence-electron chi connectivity index (χ0n) is 17.8.